The molecule has 0 N–H and O–H groups in total. The van der Waals surface area contributed by atoms with Gasteiger partial charge < -0.3 is 4.57 Å². The zero-order chi connectivity index (χ0) is 13.1. The van der Waals surface area contributed by atoms with Gasteiger partial charge in [-0.2, -0.15) is 4.39 Å². The van der Waals surface area contributed by atoms with Crippen LogP contribution < -0.4 is 0 Å². The molecule has 2 aromatic rings. The van der Waals surface area contributed by atoms with Crippen LogP contribution in [0.4, 0.5) is 10.1 Å². The Kier molecular flexibility index (Phi) is 3.18. The Morgan fingerprint density at radius 1 is 1.39 bits per heavy atom. The highest BCUT2D eigenvalue weighted by atomic mass is 19.1. The molecule has 1 heterocycles. The molecule has 0 aliphatic carbocycles. The normalized spacial score (nSPS) is 10.3. The molecule has 5 nitrogen and oxygen atoms in total. The first-order valence-corrected chi connectivity index (χ1v) is 5.14. The standard InChI is InChI=1S/C12H9FN2O3/c13-12-10(2-1-3-11(12)15(17)18)7-14-5-4-9(6-14)8-16/h1-6,8H,7H2. The number of aldehydes is 1. The Hall–Kier alpha value is -2.50. The van der Waals surface area contributed by atoms with E-state index in [0.717, 1.165) is 6.07 Å². The monoisotopic (exact) mass is 248 g/mol. The lowest BCUT2D eigenvalue weighted by molar-refractivity contribution is -0.387. The van der Waals surface area contributed by atoms with Crippen LogP contribution >= 0.6 is 0 Å². The van der Waals surface area contributed by atoms with E-state index in [-0.39, 0.29) is 12.1 Å². The van der Waals surface area contributed by atoms with Crippen LogP contribution in [0.3, 0.4) is 0 Å². The lowest BCUT2D eigenvalue weighted by Gasteiger charge is -2.04. The van der Waals surface area contributed by atoms with E-state index >= 15 is 0 Å². The van der Waals surface area contributed by atoms with Crippen molar-refractivity contribution in [1.29, 1.82) is 0 Å². The van der Waals surface area contributed by atoms with Gasteiger partial charge in [-0.05, 0) is 6.07 Å². The summed E-state index contributed by atoms with van der Waals surface area (Å²) in [5.74, 6) is -0.844. The molecule has 0 saturated heterocycles. The molecule has 2 rings (SSSR count). The summed E-state index contributed by atoms with van der Waals surface area (Å²) in [7, 11) is 0. The van der Waals surface area contributed by atoms with Gasteiger partial charge in [0.1, 0.15) is 0 Å². The Bertz CT molecular complexity index is 607. The van der Waals surface area contributed by atoms with Gasteiger partial charge in [-0.15, -0.1) is 0 Å². The Labute approximate surface area is 102 Å². The van der Waals surface area contributed by atoms with E-state index in [4.69, 9.17) is 0 Å². The molecule has 6 heteroatoms. The molecule has 0 bridgehead atoms. The van der Waals surface area contributed by atoms with Crippen molar-refractivity contribution in [2.24, 2.45) is 0 Å². The van der Waals surface area contributed by atoms with E-state index < -0.39 is 16.4 Å². The molecular formula is C12H9FN2O3. The van der Waals surface area contributed by atoms with Crippen molar-refractivity contribution in [3.05, 3.63) is 63.7 Å². The predicted molar refractivity (Wildman–Crippen MR) is 62.0 cm³/mol. The average Bonchev–Trinajstić information content (AvgIpc) is 2.79. The second-order valence-electron chi connectivity index (χ2n) is 3.74. The highest BCUT2D eigenvalue weighted by Crippen LogP contribution is 2.21. The Balaban J connectivity index is 2.31. The maximum Gasteiger partial charge on any atom is 0.305 e. The molecular weight excluding hydrogens is 239 g/mol. The van der Waals surface area contributed by atoms with E-state index in [1.54, 1.807) is 23.0 Å². The van der Waals surface area contributed by atoms with Crippen molar-refractivity contribution < 1.29 is 14.1 Å². The average molecular weight is 248 g/mol. The van der Waals surface area contributed by atoms with Gasteiger partial charge >= 0.3 is 5.69 Å². The number of nitro groups is 1. The Morgan fingerprint density at radius 2 is 2.17 bits per heavy atom. The van der Waals surface area contributed by atoms with Crippen LogP contribution in [0.25, 0.3) is 0 Å². The highest BCUT2D eigenvalue weighted by Gasteiger charge is 2.17. The molecule has 0 radical (unpaired) electrons. The van der Waals surface area contributed by atoms with Crippen LogP contribution in [0.5, 0.6) is 0 Å². The van der Waals surface area contributed by atoms with Crippen LogP contribution in [0, 0.1) is 15.9 Å². The fourth-order valence-corrected chi connectivity index (χ4v) is 1.65. The third-order valence-corrected chi connectivity index (χ3v) is 2.52. The fourth-order valence-electron chi connectivity index (χ4n) is 1.65. The molecule has 0 unspecified atom stereocenters. The predicted octanol–water partition coefficient (Wildman–Crippen LogP) is 2.40. The van der Waals surface area contributed by atoms with Crippen LogP contribution in [0.15, 0.2) is 36.7 Å². The molecule has 1 aromatic heterocycles. The molecule has 18 heavy (non-hydrogen) atoms. The van der Waals surface area contributed by atoms with E-state index in [1.807, 2.05) is 0 Å². The SMILES string of the molecule is O=Cc1ccn(Cc2cccc([N+](=O)[O-])c2F)c1. The lowest BCUT2D eigenvalue weighted by Crippen LogP contribution is -2.02. The van der Waals surface area contributed by atoms with Crippen LogP contribution in [0.1, 0.15) is 15.9 Å². The number of halogens is 1. The number of rotatable bonds is 4. The molecule has 0 aliphatic rings. The number of hydrogen-bond donors (Lipinski definition) is 0. The third kappa shape index (κ3) is 2.27. The first kappa shape index (κ1) is 12.0. The van der Waals surface area contributed by atoms with Crippen molar-refractivity contribution in [2.45, 2.75) is 6.54 Å². The highest BCUT2D eigenvalue weighted by molar-refractivity contribution is 5.74. The number of carbonyl (C=O) groups is 1. The zero-order valence-corrected chi connectivity index (χ0v) is 9.25. The van der Waals surface area contributed by atoms with Gasteiger partial charge in [-0.25, -0.2) is 0 Å². The summed E-state index contributed by atoms with van der Waals surface area (Å²) in [5.41, 5.74) is 0.133. The quantitative estimate of drug-likeness (QED) is 0.474. The number of hydrogen-bond acceptors (Lipinski definition) is 3. The molecule has 0 saturated carbocycles. The summed E-state index contributed by atoms with van der Waals surface area (Å²) in [6.07, 6.45) is 3.84. The van der Waals surface area contributed by atoms with Gasteiger partial charge in [0, 0.05) is 29.6 Å². The van der Waals surface area contributed by atoms with Crippen molar-refractivity contribution in [3.8, 4) is 0 Å². The van der Waals surface area contributed by atoms with Gasteiger partial charge in [0.15, 0.2) is 6.29 Å². The maximum absolute atomic E-state index is 13.8. The summed E-state index contributed by atoms with van der Waals surface area (Å²) in [6.45, 7) is 0.140. The van der Waals surface area contributed by atoms with Crippen LogP contribution in [-0.2, 0) is 6.54 Å². The van der Waals surface area contributed by atoms with E-state index in [9.17, 15) is 19.3 Å². The summed E-state index contributed by atoms with van der Waals surface area (Å²) < 4.78 is 15.4. The number of aromatic nitrogens is 1. The minimum Gasteiger partial charge on any atom is -0.349 e. The second kappa shape index (κ2) is 4.79. The molecule has 0 aliphatic heterocycles. The van der Waals surface area contributed by atoms with Crippen LogP contribution in [0.2, 0.25) is 0 Å². The number of nitrogens with zero attached hydrogens (tertiary/aromatic N) is 2. The minimum absolute atomic E-state index is 0.140. The fraction of sp³-hybridized carbons (Fsp3) is 0.0833. The lowest BCUT2D eigenvalue weighted by atomic mass is 10.2. The van der Waals surface area contributed by atoms with Crippen molar-refractivity contribution in [2.75, 3.05) is 0 Å². The smallest absolute Gasteiger partial charge is 0.305 e. The molecule has 0 atom stereocenters. The third-order valence-electron chi connectivity index (χ3n) is 2.52. The summed E-state index contributed by atoms with van der Waals surface area (Å²) in [6, 6.07) is 5.61. The van der Waals surface area contributed by atoms with Crippen LogP contribution in [-0.4, -0.2) is 15.8 Å². The zero-order valence-electron chi connectivity index (χ0n) is 9.25. The van der Waals surface area contributed by atoms with Crippen molar-refractivity contribution in [3.63, 3.8) is 0 Å². The van der Waals surface area contributed by atoms with Gasteiger partial charge in [0.05, 0.1) is 11.5 Å². The molecule has 0 amide bonds. The van der Waals surface area contributed by atoms with Crippen molar-refractivity contribution >= 4 is 12.0 Å². The van der Waals surface area contributed by atoms with Gasteiger partial charge in [-0.3, -0.25) is 14.9 Å². The largest absolute Gasteiger partial charge is 0.349 e. The van der Waals surface area contributed by atoms with E-state index in [1.165, 1.54) is 12.1 Å². The van der Waals surface area contributed by atoms with E-state index in [2.05, 4.69) is 0 Å². The Morgan fingerprint density at radius 3 is 2.78 bits per heavy atom. The molecule has 0 fully saturated rings. The maximum atomic E-state index is 13.8. The van der Waals surface area contributed by atoms with Crippen molar-refractivity contribution in [1.82, 2.24) is 4.57 Å². The first-order valence-electron chi connectivity index (χ1n) is 5.14. The minimum atomic E-state index is -0.844. The van der Waals surface area contributed by atoms with E-state index in [0.29, 0.717) is 11.8 Å². The van der Waals surface area contributed by atoms with Gasteiger partial charge in [0.2, 0.25) is 5.82 Å². The van der Waals surface area contributed by atoms with Gasteiger partial charge in [0.25, 0.3) is 0 Å². The number of nitro benzene ring substituents is 1. The van der Waals surface area contributed by atoms with Gasteiger partial charge in [-0.1, -0.05) is 12.1 Å². The molecule has 1 aromatic carbocycles. The molecule has 0 spiro atoms. The topological polar surface area (TPSA) is 65.1 Å². The molecule has 92 valence electrons. The number of benzene rings is 1. The second-order valence-corrected chi connectivity index (χ2v) is 3.74. The summed E-state index contributed by atoms with van der Waals surface area (Å²) >= 11 is 0. The number of carbonyl (C=O) groups excluding carboxylic acids is 1. The first-order chi connectivity index (χ1) is 8.61. The summed E-state index contributed by atoms with van der Waals surface area (Å²) in [5, 5.41) is 10.6. The summed E-state index contributed by atoms with van der Waals surface area (Å²) in [4.78, 5) is 20.3.